The number of amides is 1. The third-order valence-electron chi connectivity index (χ3n) is 5.98. The fourth-order valence-electron chi connectivity index (χ4n) is 4.35. The normalized spacial score (nSPS) is 21.2. The lowest BCUT2D eigenvalue weighted by Crippen LogP contribution is -2.46. The molecule has 1 heterocycles. The molecule has 1 aliphatic carbocycles. The van der Waals surface area contributed by atoms with Crippen molar-refractivity contribution in [1.82, 2.24) is 10.2 Å². The predicted octanol–water partition coefficient (Wildman–Crippen LogP) is 3.16. The first kappa shape index (κ1) is 19.9. The lowest BCUT2D eigenvalue weighted by molar-refractivity contribution is -0.143. The Labute approximate surface area is 162 Å². The molecule has 1 fully saturated rings. The number of fused-ring (bicyclic) bond motifs is 1. The number of ether oxygens (including phenoxy) is 1. The molecular formula is C22H32N2O3. The zero-order valence-electron chi connectivity index (χ0n) is 16.6. The van der Waals surface area contributed by atoms with E-state index in [2.05, 4.69) is 28.4 Å². The van der Waals surface area contributed by atoms with Crippen molar-refractivity contribution in [3.63, 3.8) is 0 Å². The SMILES string of the molecule is COC(=O)CC1CCCCN1CC(=O)NC(C)c1ccc2c(c1)CCCC2. The molecule has 1 N–H and O–H groups in total. The molecule has 1 aliphatic heterocycles. The number of nitrogens with one attached hydrogen (secondary N) is 1. The molecule has 5 nitrogen and oxygen atoms in total. The number of rotatable bonds is 6. The Morgan fingerprint density at radius 2 is 1.96 bits per heavy atom. The average molecular weight is 373 g/mol. The molecule has 0 radical (unpaired) electrons. The smallest absolute Gasteiger partial charge is 0.307 e. The standard InChI is InChI=1S/C22H32N2O3/c1-16(18-11-10-17-7-3-4-8-19(17)13-18)23-21(25)15-24-12-6-5-9-20(24)14-22(26)27-2/h10-11,13,16,20H,3-9,12,14-15H2,1-2H3,(H,23,25). The fraction of sp³-hybridized carbons (Fsp3) is 0.636. The van der Waals surface area contributed by atoms with Crippen LogP contribution in [0.4, 0.5) is 0 Å². The molecule has 1 aromatic carbocycles. The van der Waals surface area contributed by atoms with Gasteiger partial charge in [0.15, 0.2) is 0 Å². The summed E-state index contributed by atoms with van der Waals surface area (Å²) in [6.07, 6.45) is 8.35. The van der Waals surface area contributed by atoms with E-state index >= 15 is 0 Å². The van der Waals surface area contributed by atoms with Crippen LogP contribution in [0.1, 0.15) is 68.2 Å². The molecule has 1 aromatic rings. The highest BCUT2D eigenvalue weighted by Gasteiger charge is 2.27. The van der Waals surface area contributed by atoms with Gasteiger partial charge in [0, 0.05) is 6.04 Å². The number of piperidine rings is 1. The van der Waals surface area contributed by atoms with Gasteiger partial charge in [-0.2, -0.15) is 0 Å². The zero-order valence-corrected chi connectivity index (χ0v) is 16.6. The Kier molecular flexibility index (Phi) is 6.89. The Bertz CT molecular complexity index is 674. The van der Waals surface area contributed by atoms with Crippen LogP contribution in [0.5, 0.6) is 0 Å². The quantitative estimate of drug-likeness (QED) is 0.780. The van der Waals surface area contributed by atoms with Gasteiger partial charge < -0.3 is 10.1 Å². The number of esters is 1. The summed E-state index contributed by atoms with van der Waals surface area (Å²) in [7, 11) is 1.42. The van der Waals surface area contributed by atoms with Gasteiger partial charge in [0.2, 0.25) is 5.91 Å². The van der Waals surface area contributed by atoms with Crippen molar-refractivity contribution < 1.29 is 14.3 Å². The van der Waals surface area contributed by atoms with Gasteiger partial charge in [-0.25, -0.2) is 0 Å². The number of likely N-dealkylation sites (tertiary alicyclic amines) is 1. The lowest BCUT2D eigenvalue weighted by Gasteiger charge is -2.34. The molecule has 0 spiro atoms. The van der Waals surface area contributed by atoms with E-state index in [9.17, 15) is 9.59 Å². The molecule has 2 aliphatic rings. The first-order valence-corrected chi connectivity index (χ1v) is 10.3. The van der Waals surface area contributed by atoms with Gasteiger partial charge in [-0.3, -0.25) is 14.5 Å². The number of hydrogen-bond acceptors (Lipinski definition) is 4. The van der Waals surface area contributed by atoms with Crippen molar-refractivity contribution in [3.8, 4) is 0 Å². The van der Waals surface area contributed by atoms with Gasteiger partial charge >= 0.3 is 5.97 Å². The molecule has 2 atom stereocenters. The minimum Gasteiger partial charge on any atom is -0.469 e. The molecular weight excluding hydrogens is 340 g/mol. The Morgan fingerprint density at radius 3 is 2.74 bits per heavy atom. The van der Waals surface area contributed by atoms with Gasteiger partial charge in [-0.1, -0.05) is 24.6 Å². The molecule has 27 heavy (non-hydrogen) atoms. The molecule has 148 valence electrons. The van der Waals surface area contributed by atoms with Gasteiger partial charge in [0.1, 0.15) is 0 Å². The molecule has 0 aromatic heterocycles. The minimum absolute atomic E-state index is 0.00595. The molecule has 0 saturated carbocycles. The lowest BCUT2D eigenvalue weighted by atomic mass is 9.89. The minimum atomic E-state index is -0.199. The molecule has 5 heteroatoms. The first-order chi connectivity index (χ1) is 13.1. The fourth-order valence-corrected chi connectivity index (χ4v) is 4.35. The molecule has 3 rings (SSSR count). The van der Waals surface area contributed by atoms with Crippen LogP contribution < -0.4 is 5.32 Å². The number of benzene rings is 1. The maximum Gasteiger partial charge on any atom is 0.307 e. The van der Waals surface area contributed by atoms with Crippen LogP contribution in [-0.2, 0) is 27.2 Å². The number of carbonyl (C=O) groups is 2. The maximum atomic E-state index is 12.6. The van der Waals surface area contributed by atoms with E-state index in [4.69, 9.17) is 4.74 Å². The summed E-state index contributed by atoms with van der Waals surface area (Å²) < 4.78 is 4.81. The molecule has 1 amide bonds. The Balaban J connectivity index is 1.56. The number of aryl methyl sites for hydroxylation is 2. The van der Waals surface area contributed by atoms with Gasteiger partial charge in [0.05, 0.1) is 26.1 Å². The Hall–Kier alpha value is -1.88. The zero-order chi connectivity index (χ0) is 19.2. The van der Waals surface area contributed by atoms with Crippen molar-refractivity contribution in [2.45, 2.75) is 70.4 Å². The highest BCUT2D eigenvalue weighted by Crippen LogP contribution is 2.25. The number of nitrogens with zero attached hydrogens (tertiary/aromatic N) is 1. The van der Waals surface area contributed by atoms with E-state index in [1.807, 2.05) is 6.92 Å². The van der Waals surface area contributed by atoms with Crippen molar-refractivity contribution in [3.05, 3.63) is 34.9 Å². The number of carbonyl (C=O) groups excluding carboxylic acids is 2. The van der Waals surface area contributed by atoms with Gasteiger partial charge in [-0.15, -0.1) is 0 Å². The summed E-state index contributed by atoms with van der Waals surface area (Å²) in [6, 6.07) is 6.74. The van der Waals surface area contributed by atoms with E-state index in [0.29, 0.717) is 13.0 Å². The Morgan fingerprint density at radius 1 is 1.19 bits per heavy atom. The second-order valence-electron chi connectivity index (χ2n) is 7.92. The second-order valence-corrected chi connectivity index (χ2v) is 7.92. The summed E-state index contributed by atoms with van der Waals surface area (Å²) in [5, 5.41) is 3.14. The molecule has 1 saturated heterocycles. The van der Waals surface area contributed by atoms with E-state index in [0.717, 1.165) is 32.2 Å². The number of methoxy groups -OCH3 is 1. The van der Waals surface area contributed by atoms with Crippen molar-refractivity contribution in [1.29, 1.82) is 0 Å². The van der Waals surface area contributed by atoms with Crippen LogP contribution in [0.3, 0.4) is 0 Å². The van der Waals surface area contributed by atoms with Crippen LogP contribution in [0, 0.1) is 0 Å². The van der Waals surface area contributed by atoms with E-state index in [-0.39, 0.29) is 24.0 Å². The monoisotopic (exact) mass is 372 g/mol. The van der Waals surface area contributed by atoms with E-state index in [1.54, 1.807) is 0 Å². The summed E-state index contributed by atoms with van der Waals surface area (Å²) in [6.45, 7) is 3.25. The van der Waals surface area contributed by atoms with Gasteiger partial charge in [-0.05, 0) is 68.7 Å². The first-order valence-electron chi connectivity index (χ1n) is 10.3. The van der Waals surface area contributed by atoms with E-state index < -0.39 is 0 Å². The van der Waals surface area contributed by atoms with Crippen molar-refractivity contribution in [2.75, 3.05) is 20.2 Å². The highest BCUT2D eigenvalue weighted by molar-refractivity contribution is 5.78. The van der Waals surface area contributed by atoms with Crippen LogP contribution >= 0.6 is 0 Å². The maximum absolute atomic E-state index is 12.6. The third-order valence-corrected chi connectivity index (χ3v) is 5.98. The largest absolute Gasteiger partial charge is 0.469 e. The van der Waals surface area contributed by atoms with Crippen LogP contribution in [0.2, 0.25) is 0 Å². The number of hydrogen-bond donors (Lipinski definition) is 1. The summed E-state index contributed by atoms with van der Waals surface area (Å²) in [5.41, 5.74) is 4.07. The van der Waals surface area contributed by atoms with Crippen molar-refractivity contribution in [2.24, 2.45) is 0 Å². The van der Waals surface area contributed by atoms with Crippen LogP contribution in [0.15, 0.2) is 18.2 Å². The van der Waals surface area contributed by atoms with E-state index in [1.165, 1.54) is 43.1 Å². The molecule has 0 bridgehead atoms. The van der Waals surface area contributed by atoms with Crippen LogP contribution in [-0.4, -0.2) is 43.0 Å². The van der Waals surface area contributed by atoms with Crippen LogP contribution in [0.25, 0.3) is 0 Å². The topological polar surface area (TPSA) is 58.6 Å². The average Bonchev–Trinajstić information content (AvgIpc) is 2.68. The summed E-state index contributed by atoms with van der Waals surface area (Å²) in [4.78, 5) is 26.4. The molecule has 2 unspecified atom stereocenters. The summed E-state index contributed by atoms with van der Waals surface area (Å²) >= 11 is 0. The van der Waals surface area contributed by atoms with Crippen molar-refractivity contribution >= 4 is 11.9 Å². The third kappa shape index (κ3) is 5.32. The summed E-state index contributed by atoms with van der Waals surface area (Å²) in [5.74, 6) is -0.174. The second kappa shape index (κ2) is 9.36. The van der Waals surface area contributed by atoms with Gasteiger partial charge in [0.25, 0.3) is 0 Å². The highest BCUT2D eigenvalue weighted by atomic mass is 16.5. The predicted molar refractivity (Wildman–Crippen MR) is 105 cm³/mol.